The van der Waals surface area contributed by atoms with Crippen LogP contribution in [0.1, 0.15) is 51.9 Å². The molecule has 1 heterocycles. The number of rotatable bonds is 2. The van der Waals surface area contributed by atoms with E-state index >= 15 is 0 Å². The Kier molecular flexibility index (Phi) is 3.68. The summed E-state index contributed by atoms with van der Waals surface area (Å²) in [5.74, 6) is 0. The monoisotopic (exact) mass is 210 g/mol. The van der Waals surface area contributed by atoms with Crippen molar-refractivity contribution in [1.29, 1.82) is 0 Å². The maximum Gasteiger partial charge on any atom is 0.0180 e. The molecule has 2 heteroatoms. The topological polar surface area (TPSA) is 15.3 Å². The third-order valence-electron chi connectivity index (χ3n) is 4.25. The average molecular weight is 210 g/mol. The first kappa shape index (κ1) is 11.4. The molecule has 0 spiro atoms. The summed E-state index contributed by atoms with van der Waals surface area (Å²) in [6.07, 6.45) is 9.79. The zero-order valence-corrected chi connectivity index (χ0v) is 10.4. The first-order valence-electron chi connectivity index (χ1n) is 6.64. The number of hydrogen-bond acceptors (Lipinski definition) is 2. The summed E-state index contributed by atoms with van der Waals surface area (Å²) < 4.78 is 0. The molecular formula is C13H26N2. The van der Waals surface area contributed by atoms with Gasteiger partial charge in [-0.15, -0.1) is 0 Å². The smallest absolute Gasteiger partial charge is 0.0180 e. The van der Waals surface area contributed by atoms with E-state index < -0.39 is 0 Å². The number of nitrogens with zero attached hydrogens (tertiary/aromatic N) is 1. The maximum atomic E-state index is 3.93. The first-order valence-corrected chi connectivity index (χ1v) is 6.64. The molecule has 0 unspecified atom stereocenters. The van der Waals surface area contributed by atoms with Crippen molar-refractivity contribution in [2.24, 2.45) is 0 Å². The van der Waals surface area contributed by atoms with Gasteiger partial charge in [0, 0.05) is 11.6 Å². The summed E-state index contributed by atoms with van der Waals surface area (Å²) in [4.78, 5) is 2.45. The molecule has 0 radical (unpaired) electrons. The lowest BCUT2D eigenvalue weighted by molar-refractivity contribution is 0.148. The first-order chi connectivity index (χ1) is 7.18. The van der Waals surface area contributed by atoms with Crippen LogP contribution in [0.3, 0.4) is 0 Å². The van der Waals surface area contributed by atoms with Crippen molar-refractivity contribution >= 4 is 0 Å². The second kappa shape index (κ2) is 4.84. The molecule has 0 aromatic carbocycles. The Morgan fingerprint density at radius 1 is 1.07 bits per heavy atom. The highest BCUT2D eigenvalue weighted by Crippen LogP contribution is 2.25. The van der Waals surface area contributed by atoms with Gasteiger partial charge < -0.3 is 10.2 Å². The van der Waals surface area contributed by atoms with E-state index in [1.807, 2.05) is 0 Å². The van der Waals surface area contributed by atoms with Crippen molar-refractivity contribution in [2.45, 2.75) is 63.5 Å². The Hall–Kier alpha value is -0.0800. The van der Waals surface area contributed by atoms with Crippen LogP contribution < -0.4 is 5.32 Å². The molecule has 88 valence electrons. The molecule has 15 heavy (non-hydrogen) atoms. The van der Waals surface area contributed by atoms with E-state index in [2.05, 4.69) is 24.2 Å². The van der Waals surface area contributed by atoms with Gasteiger partial charge >= 0.3 is 0 Å². The molecule has 0 bridgehead atoms. The van der Waals surface area contributed by atoms with Crippen molar-refractivity contribution in [3.63, 3.8) is 0 Å². The molecule has 1 saturated heterocycles. The minimum absolute atomic E-state index is 0.425. The van der Waals surface area contributed by atoms with E-state index in [0.717, 1.165) is 6.04 Å². The van der Waals surface area contributed by atoms with Crippen molar-refractivity contribution in [3.05, 3.63) is 0 Å². The van der Waals surface area contributed by atoms with Crippen LogP contribution in [-0.4, -0.2) is 36.6 Å². The highest BCUT2D eigenvalue weighted by molar-refractivity contribution is 4.91. The molecule has 0 amide bonds. The minimum atomic E-state index is 0.425. The molecular weight excluding hydrogens is 184 g/mol. The predicted molar refractivity (Wildman–Crippen MR) is 65.1 cm³/mol. The summed E-state index contributed by atoms with van der Waals surface area (Å²) in [5.41, 5.74) is 0.425. The second-order valence-electron chi connectivity index (χ2n) is 5.84. The van der Waals surface area contributed by atoms with E-state index in [1.165, 1.54) is 58.0 Å². The molecule has 2 fully saturated rings. The maximum absolute atomic E-state index is 3.93. The predicted octanol–water partition coefficient (Wildman–Crippen LogP) is 2.39. The van der Waals surface area contributed by atoms with E-state index in [4.69, 9.17) is 0 Å². The quantitative estimate of drug-likeness (QED) is 0.753. The Morgan fingerprint density at radius 2 is 1.67 bits per heavy atom. The van der Waals surface area contributed by atoms with Gasteiger partial charge in [0.1, 0.15) is 0 Å². The summed E-state index contributed by atoms with van der Waals surface area (Å²) in [7, 11) is 2.24. The minimum Gasteiger partial charge on any atom is -0.309 e. The third-order valence-corrected chi connectivity index (χ3v) is 4.25. The summed E-state index contributed by atoms with van der Waals surface area (Å²) in [6.45, 7) is 4.95. The highest BCUT2D eigenvalue weighted by Gasteiger charge is 2.30. The van der Waals surface area contributed by atoms with E-state index in [-0.39, 0.29) is 0 Å². The van der Waals surface area contributed by atoms with Gasteiger partial charge in [0.15, 0.2) is 0 Å². The van der Waals surface area contributed by atoms with Gasteiger partial charge in [-0.3, -0.25) is 0 Å². The zero-order valence-electron chi connectivity index (χ0n) is 10.4. The molecule has 1 N–H and O–H groups in total. The Bertz CT molecular complexity index is 189. The van der Waals surface area contributed by atoms with Gasteiger partial charge in [-0.05, 0) is 52.7 Å². The molecule has 0 atom stereocenters. The molecule has 1 saturated carbocycles. The molecule has 1 aliphatic heterocycles. The van der Waals surface area contributed by atoms with Crippen LogP contribution >= 0.6 is 0 Å². The lowest BCUT2D eigenvalue weighted by atomic mass is 9.86. The van der Waals surface area contributed by atoms with Gasteiger partial charge in [0.25, 0.3) is 0 Å². The fourth-order valence-electron chi connectivity index (χ4n) is 3.00. The van der Waals surface area contributed by atoms with Crippen molar-refractivity contribution in [3.8, 4) is 0 Å². The largest absolute Gasteiger partial charge is 0.309 e. The van der Waals surface area contributed by atoms with Gasteiger partial charge in [-0.1, -0.05) is 19.3 Å². The van der Waals surface area contributed by atoms with Crippen LogP contribution in [0.5, 0.6) is 0 Å². The summed E-state index contributed by atoms with van der Waals surface area (Å²) >= 11 is 0. The Labute approximate surface area is 94.4 Å². The average Bonchev–Trinajstić information content (AvgIpc) is 2.24. The van der Waals surface area contributed by atoms with Crippen molar-refractivity contribution in [1.82, 2.24) is 10.2 Å². The van der Waals surface area contributed by atoms with E-state index in [1.54, 1.807) is 0 Å². The number of likely N-dealkylation sites (tertiary alicyclic amines) is 1. The van der Waals surface area contributed by atoms with Gasteiger partial charge in [-0.2, -0.15) is 0 Å². The third kappa shape index (κ3) is 3.18. The van der Waals surface area contributed by atoms with Crippen LogP contribution in [0.25, 0.3) is 0 Å². The molecule has 2 aliphatic rings. The summed E-state index contributed by atoms with van der Waals surface area (Å²) in [5, 5.41) is 3.93. The van der Waals surface area contributed by atoms with Crippen LogP contribution in [0.4, 0.5) is 0 Å². The Balaban J connectivity index is 1.81. The van der Waals surface area contributed by atoms with Crippen molar-refractivity contribution < 1.29 is 0 Å². The number of nitrogens with one attached hydrogen (secondary N) is 1. The lowest BCUT2D eigenvalue weighted by Crippen LogP contribution is -2.54. The zero-order chi connectivity index (χ0) is 10.7. The van der Waals surface area contributed by atoms with Crippen LogP contribution in [0.2, 0.25) is 0 Å². The Morgan fingerprint density at radius 3 is 2.27 bits per heavy atom. The molecule has 2 nitrogen and oxygen atoms in total. The normalized spacial score (nSPS) is 29.2. The van der Waals surface area contributed by atoms with Gasteiger partial charge in [0.05, 0.1) is 0 Å². The van der Waals surface area contributed by atoms with Crippen molar-refractivity contribution in [2.75, 3.05) is 20.1 Å². The SMILES string of the molecule is CN1CCC(C)(NC2CCCCC2)CC1. The van der Waals surface area contributed by atoms with Gasteiger partial charge in [-0.25, -0.2) is 0 Å². The summed E-state index contributed by atoms with van der Waals surface area (Å²) in [6, 6.07) is 0.812. The highest BCUT2D eigenvalue weighted by atomic mass is 15.1. The molecule has 2 rings (SSSR count). The van der Waals surface area contributed by atoms with E-state index in [0.29, 0.717) is 5.54 Å². The number of hydrogen-bond donors (Lipinski definition) is 1. The molecule has 0 aromatic rings. The standard InChI is InChI=1S/C13H26N2/c1-13(8-10-15(2)11-9-13)14-12-6-4-3-5-7-12/h12,14H,3-11H2,1-2H3. The van der Waals surface area contributed by atoms with Crippen LogP contribution in [0, 0.1) is 0 Å². The molecule has 0 aromatic heterocycles. The fourth-order valence-corrected chi connectivity index (χ4v) is 3.00. The number of piperidine rings is 1. The van der Waals surface area contributed by atoms with E-state index in [9.17, 15) is 0 Å². The lowest BCUT2D eigenvalue weighted by Gasteiger charge is -2.42. The van der Waals surface area contributed by atoms with Gasteiger partial charge in [0.2, 0.25) is 0 Å². The molecule has 1 aliphatic carbocycles. The van der Waals surface area contributed by atoms with Crippen LogP contribution in [-0.2, 0) is 0 Å². The second-order valence-corrected chi connectivity index (χ2v) is 5.84. The fraction of sp³-hybridized carbons (Fsp3) is 1.00. The van der Waals surface area contributed by atoms with Crippen LogP contribution in [0.15, 0.2) is 0 Å².